The molecule has 0 saturated heterocycles. The highest BCUT2D eigenvalue weighted by molar-refractivity contribution is 7.13. The van der Waals surface area contributed by atoms with Gasteiger partial charge in [0.1, 0.15) is 5.75 Å². The Balaban J connectivity index is 2.22. The van der Waals surface area contributed by atoms with Crippen LogP contribution in [0, 0.1) is 10.1 Å². The summed E-state index contributed by atoms with van der Waals surface area (Å²) >= 11 is 1.44. The predicted octanol–water partition coefficient (Wildman–Crippen LogP) is 3.47. The lowest BCUT2D eigenvalue weighted by Gasteiger charge is -2.10. The zero-order valence-corrected chi connectivity index (χ0v) is 13.4. The minimum atomic E-state index is -0.439. The summed E-state index contributed by atoms with van der Waals surface area (Å²) in [7, 11) is 1.52. The number of nitrogens with zero attached hydrogens (tertiary/aromatic N) is 2. The molecule has 0 aliphatic rings. The number of benzene rings is 1. The third-order valence-electron chi connectivity index (χ3n) is 3.11. The van der Waals surface area contributed by atoms with Crippen molar-refractivity contribution in [1.29, 1.82) is 0 Å². The molecule has 0 aliphatic carbocycles. The van der Waals surface area contributed by atoms with Crippen LogP contribution in [0.2, 0.25) is 0 Å². The fourth-order valence-corrected chi connectivity index (χ4v) is 2.79. The van der Waals surface area contributed by atoms with Crippen LogP contribution in [0.4, 0.5) is 16.5 Å². The first kappa shape index (κ1) is 16.2. The van der Waals surface area contributed by atoms with E-state index in [0.29, 0.717) is 16.6 Å². The first-order chi connectivity index (χ1) is 10.5. The molecule has 1 aromatic heterocycles. The Hall–Kier alpha value is -2.19. The van der Waals surface area contributed by atoms with Crippen LogP contribution in [0.5, 0.6) is 5.75 Å². The number of hydrogen-bond donors (Lipinski definition) is 2. The summed E-state index contributed by atoms with van der Waals surface area (Å²) in [6.07, 6.45) is 0. The first-order valence-electron chi connectivity index (χ1n) is 6.83. The minimum Gasteiger partial charge on any atom is -0.495 e. The SMILES string of the molecule is CCNC(C)c1csc(Nc2cc([N+](=O)[O-])ccc2OC)n1. The topological polar surface area (TPSA) is 89.3 Å². The number of nitro groups is 1. The summed E-state index contributed by atoms with van der Waals surface area (Å²) in [6.45, 7) is 4.94. The van der Waals surface area contributed by atoms with E-state index in [0.717, 1.165) is 12.2 Å². The molecule has 1 heterocycles. The Labute approximate surface area is 132 Å². The average molecular weight is 322 g/mol. The summed E-state index contributed by atoms with van der Waals surface area (Å²) in [6, 6.07) is 4.57. The van der Waals surface area contributed by atoms with E-state index >= 15 is 0 Å². The molecule has 0 fully saturated rings. The zero-order valence-electron chi connectivity index (χ0n) is 12.6. The Kier molecular flexibility index (Phi) is 5.29. The van der Waals surface area contributed by atoms with Crippen LogP contribution < -0.4 is 15.4 Å². The molecular formula is C14H18N4O3S. The number of hydrogen-bond acceptors (Lipinski definition) is 7. The molecule has 7 nitrogen and oxygen atoms in total. The van der Waals surface area contributed by atoms with Crippen molar-refractivity contribution in [3.05, 3.63) is 39.4 Å². The van der Waals surface area contributed by atoms with Gasteiger partial charge in [0.2, 0.25) is 0 Å². The van der Waals surface area contributed by atoms with Crippen molar-refractivity contribution in [3.63, 3.8) is 0 Å². The highest BCUT2D eigenvalue weighted by Gasteiger charge is 2.14. The Bertz CT molecular complexity index is 659. The molecule has 0 spiro atoms. The fourth-order valence-electron chi connectivity index (χ4n) is 1.98. The van der Waals surface area contributed by atoms with E-state index in [1.54, 1.807) is 6.07 Å². The molecule has 0 radical (unpaired) electrons. The van der Waals surface area contributed by atoms with Crippen molar-refractivity contribution < 1.29 is 9.66 Å². The lowest BCUT2D eigenvalue weighted by atomic mass is 10.2. The zero-order chi connectivity index (χ0) is 16.1. The van der Waals surface area contributed by atoms with Gasteiger partial charge in [-0.2, -0.15) is 0 Å². The van der Waals surface area contributed by atoms with Gasteiger partial charge in [0.05, 0.1) is 23.4 Å². The van der Waals surface area contributed by atoms with E-state index in [4.69, 9.17) is 4.74 Å². The number of non-ortho nitro benzene ring substituents is 1. The maximum Gasteiger partial charge on any atom is 0.271 e. The van der Waals surface area contributed by atoms with E-state index in [2.05, 4.69) is 15.6 Å². The van der Waals surface area contributed by atoms with Gasteiger partial charge in [0, 0.05) is 23.6 Å². The molecule has 8 heteroatoms. The second kappa shape index (κ2) is 7.19. The fraction of sp³-hybridized carbons (Fsp3) is 0.357. The van der Waals surface area contributed by atoms with Crippen molar-refractivity contribution in [2.75, 3.05) is 19.0 Å². The van der Waals surface area contributed by atoms with Crippen LogP contribution in [0.3, 0.4) is 0 Å². The molecule has 22 heavy (non-hydrogen) atoms. The summed E-state index contributed by atoms with van der Waals surface area (Å²) in [5, 5.41) is 19.9. The molecule has 1 aromatic carbocycles. The smallest absolute Gasteiger partial charge is 0.271 e. The minimum absolute atomic E-state index is 0.00102. The molecular weight excluding hydrogens is 304 g/mol. The van der Waals surface area contributed by atoms with E-state index in [1.165, 1.54) is 30.6 Å². The quantitative estimate of drug-likeness (QED) is 0.599. The maximum absolute atomic E-state index is 10.9. The van der Waals surface area contributed by atoms with Crippen LogP contribution in [0.25, 0.3) is 0 Å². The van der Waals surface area contributed by atoms with Gasteiger partial charge >= 0.3 is 0 Å². The number of nitro benzene ring substituents is 1. The Morgan fingerprint density at radius 1 is 1.50 bits per heavy atom. The molecule has 1 unspecified atom stereocenters. The van der Waals surface area contributed by atoms with Crippen LogP contribution >= 0.6 is 11.3 Å². The van der Waals surface area contributed by atoms with E-state index < -0.39 is 4.92 Å². The van der Waals surface area contributed by atoms with Crippen LogP contribution in [0.15, 0.2) is 23.6 Å². The van der Waals surface area contributed by atoms with Crippen LogP contribution in [0.1, 0.15) is 25.6 Å². The van der Waals surface area contributed by atoms with Gasteiger partial charge < -0.3 is 15.4 Å². The lowest BCUT2D eigenvalue weighted by Crippen LogP contribution is -2.17. The van der Waals surface area contributed by atoms with Gasteiger partial charge in [-0.15, -0.1) is 11.3 Å². The molecule has 2 N–H and O–H groups in total. The molecule has 0 bridgehead atoms. The molecule has 1 atom stereocenters. The first-order valence-corrected chi connectivity index (χ1v) is 7.71. The van der Waals surface area contributed by atoms with Gasteiger partial charge in [-0.05, 0) is 19.5 Å². The molecule has 2 rings (SSSR count). The number of ether oxygens (including phenoxy) is 1. The second-order valence-electron chi connectivity index (χ2n) is 4.62. The summed E-state index contributed by atoms with van der Waals surface area (Å²) in [5.41, 5.74) is 1.45. The number of anilines is 2. The normalized spacial score (nSPS) is 12.0. The molecule has 0 saturated carbocycles. The number of methoxy groups -OCH3 is 1. The van der Waals surface area contributed by atoms with Crippen molar-refractivity contribution in [2.24, 2.45) is 0 Å². The number of rotatable bonds is 7. The van der Waals surface area contributed by atoms with Gasteiger partial charge in [0.15, 0.2) is 5.13 Å². The van der Waals surface area contributed by atoms with Crippen molar-refractivity contribution in [2.45, 2.75) is 19.9 Å². The second-order valence-corrected chi connectivity index (χ2v) is 5.48. The Morgan fingerprint density at radius 2 is 2.27 bits per heavy atom. The summed E-state index contributed by atoms with van der Waals surface area (Å²) < 4.78 is 5.22. The predicted molar refractivity (Wildman–Crippen MR) is 87.1 cm³/mol. The van der Waals surface area contributed by atoms with Crippen molar-refractivity contribution in [1.82, 2.24) is 10.3 Å². The van der Waals surface area contributed by atoms with Crippen LogP contribution in [-0.2, 0) is 0 Å². The van der Waals surface area contributed by atoms with Crippen LogP contribution in [-0.4, -0.2) is 23.6 Å². The Morgan fingerprint density at radius 3 is 2.91 bits per heavy atom. The van der Waals surface area contributed by atoms with Gasteiger partial charge in [0.25, 0.3) is 5.69 Å². The highest BCUT2D eigenvalue weighted by atomic mass is 32.1. The monoisotopic (exact) mass is 322 g/mol. The average Bonchev–Trinajstić information content (AvgIpc) is 2.96. The van der Waals surface area contributed by atoms with Gasteiger partial charge in [-0.25, -0.2) is 4.98 Å². The molecule has 118 valence electrons. The van der Waals surface area contributed by atoms with Gasteiger partial charge in [-0.1, -0.05) is 6.92 Å². The summed E-state index contributed by atoms with van der Waals surface area (Å²) in [5.74, 6) is 0.530. The molecule has 2 aromatic rings. The van der Waals surface area contributed by atoms with Crippen molar-refractivity contribution >= 4 is 27.8 Å². The number of aromatic nitrogens is 1. The van der Waals surface area contributed by atoms with Gasteiger partial charge in [-0.3, -0.25) is 10.1 Å². The van der Waals surface area contributed by atoms with E-state index in [1.807, 2.05) is 19.2 Å². The number of thiazole rings is 1. The largest absolute Gasteiger partial charge is 0.495 e. The van der Waals surface area contributed by atoms with E-state index in [9.17, 15) is 10.1 Å². The number of nitrogens with one attached hydrogen (secondary N) is 2. The van der Waals surface area contributed by atoms with E-state index in [-0.39, 0.29) is 11.7 Å². The maximum atomic E-state index is 10.9. The van der Waals surface area contributed by atoms with Crippen molar-refractivity contribution in [3.8, 4) is 5.75 Å². The lowest BCUT2D eigenvalue weighted by molar-refractivity contribution is -0.384. The third-order valence-corrected chi connectivity index (χ3v) is 3.89. The summed E-state index contributed by atoms with van der Waals surface area (Å²) in [4.78, 5) is 14.9. The highest BCUT2D eigenvalue weighted by Crippen LogP contribution is 2.33. The molecule has 0 amide bonds. The third kappa shape index (κ3) is 3.71. The molecule has 0 aliphatic heterocycles. The standard InChI is InChI=1S/C14H18N4O3S/c1-4-15-9(2)12-8-22-14(17-12)16-11-7-10(18(19)20)5-6-13(11)21-3/h5-9,15H,4H2,1-3H3,(H,16,17).